The molecule has 0 aliphatic carbocycles. The summed E-state index contributed by atoms with van der Waals surface area (Å²) in [5, 5.41) is 2.62. The van der Waals surface area contributed by atoms with E-state index < -0.39 is 26.4 Å². The maximum atomic E-state index is 12.3. The molecule has 0 aliphatic heterocycles. The van der Waals surface area contributed by atoms with E-state index >= 15 is 0 Å². The van der Waals surface area contributed by atoms with Gasteiger partial charge >= 0.3 is 0 Å². The first kappa shape index (κ1) is 16.5. The van der Waals surface area contributed by atoms with Crippen molar-refractivity contribution in [1.82, 2.24) is 0 Å². The van der Waals surface area contributed by atoms with Gasteiger partial charge in [-0.1, -0.05) is 36.4 Å². The lowest BCUT2D eigenvalue weighted by atomic mass is 10.2. The molecule has 6 heteroatoms. The molecule has 2 rings (SSSR count). The van der Waals surface area contributed by atoms with E-state index in [-0.39, 0.29) is 4.90 Å². The zero-order valence-corrected chi connectivity index (χ0v) is 13.6. The van der Waals surface area contributed by atoms with Crippen molar-refractivity contribution in [2.24, 2.45) is 0 Å². The van der Waals surface area contributed by atoms with Gasteiger partial charge in [0.2, 0.25) is 5.91 Å². The normalized spacial score (nSPS) is 14.1. The summed E-state index contributed by atoms with van der Waals surface area (Å²) >= 11 is 6.18. The Balaban J connectivity index is 2.15. The number of hydrogen-bond donors (Lipinski definition) is 1. The molecule has 2 aromatic rings. The van der Waals surface area contributed by atoms with Gasteiger partial charge in [-0.05, 0) is 31.2 Å². The molecule has 1 N–H and O–H groups in total. The fraction of sp³-hybridized carbons (Fsp3) is 0.188. The number of carbonyl (C=O) groups excluding carboxylic acids is 1. The lowest BCUT2D eigenvalue weighted by Gasteiger charge is -2.21. The molecule has 0 radical (unpaired) electrons. The predicted octanol–water partition coefficient (Wildman–Crippen LogP) is 3.10. The number of halogens is 1. The fourth-order valence-corrected chi connectivity index (χ4v) is 3.98. The van der Waals surface area contributed by atoms with Gasteiger partial charge in [0.1, 0.15) is 4.87 Å². The van der Waals surface area contributed by atoms with Gasteiger partial charge in [-0.25, -0.2) is 8.42 Å². The predicted molar refractivity (Wildman–Crippen MR) is 87.8 cm³/mol. The molecule has 22 heavy (non-hydrogen) atoms. The van der Waals surface area contributed by atoms with E-state index in [1.165, 1.54) is 19.1 Å². The van der Waals surface area contributed by atoms with E-state index in [0.29, 0.717) is 5.69 Å². The Labute approximate surface area is 135 Å². The summed E-state index contributed by atoms with van der Waals surface area (Å²) in [6.07, 6.45) is 0. The Morgan fingerprint density at radius 3 is 2.09 bits per heavy atom. The minimum Gasteiger partial charge on any atom is -0.325 e. The summed E-state index contributed by atoms with van der Waals surface area (Å²) in [7, 11) is -3.65. The Bertz CT molecular complexity index is 743. The highest BCUT2D eigenvalue weighted by molar-refractivity contribution is 7.91. The van der Waals surface area contributed by atoms with Crippen LogP contribution in [0.5, 0.6) is 0 Å². The molecule has 1 atom stereocenters. The number of hydrogen-bond acceptors (Lipinski definition) is 3. The standard InChI is InChI=1S/C16H16ClNO3S/c1-16(17,15(19)18-13-8-4-2-5-9-13)12-22(20,21)14-10-6-3-7-11-14/h2-11H,12H2,1H3,(H,18,19). The first-order valence-corrected chi connectivity index (χ1v) is 8.67. The van der Waals surface area contributed by atoms with Crippen molar-refractivity contribution in [3.63, 3.8) is 0 Å². The highest BCUT2D eigenvalue weighted by atomic mass is 35.5. The average molecular weight is 338 g/mol. The van der Waals surface area contributed by atoms with Crippen LogP contribution in [0.15, 0.2) is 65.6 Å². The summed E-state index contributed by atoms with van der Waals surface area (Å²) in [6, 6.07) is 16.7. The third kappa shape index (κ3) is 4.08. The van der Waals surface area contributed by atoms with Crippen molar-refractivity contribution in [2.75, 3.05) is 11.1 Å². The van der Waals surface area contributed by atoms with Crippen LogP contribution < -0.4 is 5.32 Å². The van der Waals surface area contributed by atoms with Gasteiger partial charge in [-0.3, -0.25) is 4.79 Å². The van der Waals surface area contributed by atoms with Crippen LogP contribution in [0.1, 0.15) is 6.92 Å². The first-order valence-electron chi connectivity index (χ1n) is 6.64. The SMILES string of the molecule is CC(Cl)(CS(=O)(=O)c1ccccc1)C(=O)Nc1ccccc1. The minimum atomic E-state index is -3.65. The topological polar surface area (TPSA) is 63.2 Å². The molecular formula is C16H16ClNO3S. The molecule has 0 aromatic heterocycles. The monoisotopic (exact) mass is 337 g/mol. The van der Waals surface area contributed by atoms with E-state index in [2.05, 4.69) is 5.32 Å². The van der Waals surface area contributed by atoms with E-state index in [0.717, 1.165) is 0 Å². The fourth-order valence-electron chi connectivity index (χ4n) is 1.92. The highest BCUT2D eigenvalue weighted by Crippen LogP contribution is 2.23. The quantitative estimate of drug-likeness (QED) is 0.853. The number of para-hydroxylation sites is 1. The Kier molecular flexibility index (Phi) is 4.88. The van der Waals surface area contributed by atoms with Crippen LogP contribution in [0, 0.1) is 0 Å². The maximum Gasteiger partial charge on any atom is 0.246 e. The van der Waals surface area contributed by atoms with Gasteiger partial charge in [0, 0.05) is 5.69 Å². The average Bonchev–Trinajstić information content (AvgIpc) is 2.48. The van der Waals surface area contributed by atoms with Crippen molar-refractivity contribution in [1.29, 1.82) is 0 Å². The van der Waals surface area contributed by atoms with Gasteiger partial charge in [0.05, 0.1) is 10.6 Å². The second-order valence-corrected chi connectivity index (χ2v) is 7.91. The van der Waals surface area contributed by atoms with Crippen molar-refractivity contribution >= 4 is 33.0 Å². The second kappa shape index (κ2) is 6.50. The third-order valence-electron chi connectivity index (χ3n) is 3.07. The van der Waals surface area contributed by atoms with Gasteiger partial charge in [-0.2, -0.15) is 0 Å². The zero-order valence-electron chi connectivity index (χ0n) is 12.0. The number of alkyl halides is 1. The van der Waals surface area contributed by atoms with Crippen LogP contribution in [0.4, 0.5) is 5.69 Å². The molecule has 116 valence electrons. The largest absolute Gasteiger partial charge is 0.325 e. The molecule has 4 nitrogen and oxygen atoms in total. The number of anilines is 1. The molecule has 0 heterocycles. The number of rotatable bonds is 5. The number of nitrogens with one attached hydrogen (secondary N) is 1. The lowest BCUT2D eigenvalue weighted by molar-refractivity contribution is -0.117. The van der Waals surface area contributed by atoms with Crippen LogP contribution in [0.25, 0.3) is 0 Å². The van der Waals surface area contributed by atoms with Crippen LogP contribution in [-0.2, 0) is 14.6 Å². The van der Waals surface area contributed by atoms with Crippen molar-refractivity contribution < 1.29 is 13.2 Å². The van der Waals surface area contributed by atoms with Gasteiger partial charge in [0.15, 0.2) is 9.84 Å². The molecule has 0 aliphatic rings. The molecular weight excluding hydrogens is 322 g/mol. The van der Waals surface area contributed by atoms with Gasteiger partial charge in [-0.15, -0.1) is 11.6 Å². The van der Waals surface area contributed by atoms with Crippen LogP contribution >= 0.6 is 11.6 Å². The molecule has 1 amide bonds. The number of carbonyl (C=O) groups is 1. The summed E-state index contributed by atoms with van der Waals surface area (Å²) in [5.41, 5.74) is 0.566. The number of amides is 1. The van der Waals surface area contributed by atoms with Crippen LogP contribution in [0.2, 0.25) is 0 Å². The molecule has 0 bridgehead atoms. The molecule has 0 spiro atoms. The van der Waals surface area contributed by atoms with E-state index in [9.17, 15) is 13.2 Å². The number of benzene rings is 2. The first-order chi connectivity index (χ1) is 10.3. The summed E-state index contributed by atoms with van der Waals surface area (Å²) in [5.74, 6) is -1.04. The van der Waals surface area contributed by atoms with E-state index in [4.69, 9.17) is 11.6 Å². The zero-order chi connectivity index (χ0) is 16.2. The molecule has 1 unspecified atom stereocenters. The molecule has 2 aromatic carbocycles. The summed E-state index contributed by atoms with van der Waals surface area (Å²) < 4.78 is 24.7. The second-order valence-electron chi connectivity index (χ2n) is 5.09. The van der Waals surface area contributed by atoms with Gasteiger partial charge in [0.25, 0.3) is 0 Å². The molecule has 0 fully saturated rings. The van der Waals surface area contributed by atoms with Gasteiger partial charge < -0.3 is 5.32 Å². The lowest BCUT2D eigenvalue weighted by Crippen LogP contribution is -2.41. The van der Waals surface area contributed by atoms with E-state index in [1.807, 2.05) is 6.07 Å². The van der Waals surface area contributed by atoms with Crippen LogP contribution in [-0.4, -0.2) is 25.0 Å². The Morgan fingerprint density at radius 2 is 1.55 bits per heavy atom. The maximum absolute atomic E-state index is 12.3. The molecule has 0 saturated carbocycles. The van der Waals surface area contributed by atoms with Crippen molar-refractivity contribution in [2.45, 2.75) is 16.7 Å². The van der Waals surface area contributed by atoms with Crippen molar-refractivity contribution in [3.05, 3.63) is 60.7 Å². The summed E-state index contributed by atoms with van der Waals surface area (Å²) in [4.78, 5) is 10.8. The Morgan fingerprint density at radius 1 is 1.05 bits per heavy atom. The van der Waals surface area contributed by atoms with Crippen LogP contribution in [0.3, 0.4) is 0 Å². The highest BCUT2D eigenvalue weighted by Gasteiger charge is 2.36. The third-order valence-corrected chi connectivity index (χ3v) is 5.48. The Hall–Kier alpha value is -1.85. The summed E-state index contributed by atoms with van der Waals surface area (Å²) in [6.45, 7) is 1.40. The number of sulfone groups is 1. The van der Waals surface area contributed by atoms with Crippen molar-refractivity contribution in [3.8, 4) is 0 Å². The smallest absolute Gasteiger partial charge is 0.246 e. The van der Waals surface area contributed by atoms with E-state index in [1.54, 1.807) is 42.5 Å². The molecule has 0 saturated heterocycles. The minimum absolute atomic E-state index is 0.148.